The first-order chi connectivity index (χ1) is 10.7. The third kappa shape index (κ3) is 7.21. The Morgan fingerprint density at radius 3 is 1.14 bits per heavy atom. The molecule has 0 amide bonds. The van der Waals surface area contributed by atoms with Gasteiger partial charge in [-0.1, -0.05) is 0 Å². The van der Waals surface area contributed by atoms with Gasteiger partial charge in [0.05, 0.1) is 14.2 Å². The molecule has 22 heavy (non-hydrogen) atoms. The molecule has 0 fully saturated rings. The smallest absolute Gasteiger partial charge is 0.150 e. The number of ether oxygens (including phenoxy) is 2. The van der Waals surface area contributed by atoms with Crippen LogP contribution in [0.4, 0.5) is 0 Å². The van der Waals surface area contributed by atoms with Crippen molar-refractivity contribution in [3.63, 3.8) is 0 Å². The zero-order chi connectivity index (χ0) is 16.8. The molecule has 118 valence electrons. The van der Waals surface area contributed by atoms with Crippen molar-refractivity contribution in [3.05, 3.63) is 59.7 Å². The fourth-order valence-electron chi connectivity index (χ4n) is 1.36. The first-order valence-corrected chi connectivity index (χ1v) is 6.36. The van der Waals surface area contributed by atoms with E-state index >= 15 is 0 Å². The fraction of sp³-hybridized carbons (Fsp3) is 0.176. The van der Waals surface area contributed by atoms with Gasteiger partial charge in [0.25, 0.3) is 0 Å². The van der Waals surface area contributed by atoms with Crippen molar-refractivity contribution >= 4 is 12.6 Å². The van der Waals surface area contributed by atoms with Crippen molar-refractivity contribution in [2.75, 3.05) is 21.3 Å². The van der Waals surface area contributed by atoms with Crippen LogP contribution >= 0.6 is 0 Å². The summed E-state index contributed by atoms with van der Waals surface area (Å²) in [5, 5.41) is 7.00. The van der Waals surface area contributed by atoms with Crippen LogP contribution < -0.4 is 9.47 Å². The van der Waals surface area contributed by atoms with Gasteiger partial charge in [0.2, 0.25) is 0 Å². The largest absolute Gasteiger partial charge is 0.497 e. The molecule has 0 aromatic heterocycles. The molecule has 0 heterocycles. The number of methoxy groups -OCH3 is 2. The molecule has 2 aromatic rings. The number of aldehydes is 2. The highest BCUT2D eigenvalue weighted by Crippen LogP contribution is 2.09. The molecule has 0 spiro atoms. The molecule has 0 aliphatic heterocycles. The molecule has 5 nitrogen and oxygen atoms in total. The number of carbonyl (C=O) groups is 2. The van der Waals surface area contributed by atoms with Crippen molar-refractivity contribution < 1.29 is 24.2 Å². The van der Waals surface area contributed by atoms with Gasteiger partial charge >= 0.3 is 0 Å². The minimum atomic E-state index is 0.667. The van der Waals surface area contributed by atoms with Crippen LogP contribution in [0, 0.1) is 0 Å². The van der Waals surface area contributed by atoms with Crippen LogP contribution in [-0.4, -0.2) is 39.0 Å². The van der Waals surface area contributed by atoms with Crippen LogP contribution in [0.15, 0.2) is 48.5 Å². The molecular weight excluding hydrogens is 284 g/mol. The second kappa shape index (κ2) is 12.1. The molecule has 1 N–H and O–H groups in total. The van der Waals surface area contributed by atoms with Crippen molar-refractivity contribution in [2.24, 2.45) is 0 Å². The van der Waals surface area contributed by atoms with E-state index in [1.165, 1.54) is 0 Å². The predicted molar refractivity (Wildman–Crippen MR) is 84.9 cm³/mol. The summed E-state index contributed by atoms with van der Waals surface area (Å²) in [5.41, 5.74) is 1.33. The number of hydrogen-bond donors (Lipinski definition) is 1. The van der Waals surface area contributed by atoms with Crippen LogP contribution in [0.2, 0.25) is 0 Å². The Morgan fingerprint density at radius 1 is 0.682 bits per heavy atom. The summed E-state index contributed by atoms with van der Waals surface area (Å²) in [6, 6.07) is 13.9. The van der Waals surface area contributed by atoms with E-state index < -0.39 is 0 Å². The maximum Gasteiger partial charge on any atom is 0.150 e. The molecule has 0 aliphatic rings. The number of carbonyl (C=O) groups excluding carboxylic acids is 2. The number of aliphatic hydroxyl groups is 1. The first kappa shape index (κ1) is 19.3. The molecule has 0 radical (unpaired) electrons. The molecule has 0 bridgehead atoms. The van der Waals surface area contributed by atoms with Gasteiger partial charge in [-0.25, -0.2) is 0 Å². The average molecular weight is 304 g/mol. The number of aliphatic hydroxyl groups excluding tert-OH is 1. The van der Waals surface area contributed by atoms with Gasteiger partial charge in [-0.15, -0.1) is 0 Å². The summed E-state index contributed by atoms with van der Waals surface area (Å²) in [7, 11) is 4.19. The molecule has 0 unspecified atom stereocenters. The van der Waals surface area contributed by atoms with E-state index in [1.807, 2.05) is 0 Å². The Kier molecular flexibility index (Phi) is 10.6. The Labute approximate surface area is 130 Å². The van der Waals surface area contributed by atoms with E-state index in [0.717, 1.165) is 31.2 Å². The van der Waals surface area contributed by atoms with Crippen molar-refractivity contribution in [3.8, 4) is 11.5 Å². The Bertz CT molecular complexity index is 480. The van der Waals surface area contributed by atoms with Gasteiger partial charge in [-0.05, 0) is 48.5 Å². The van der Waals surface area contributed by atoms with Crippen LogP contribution in [0.25, 0.3) is 0 Å². The lowest BCUT2D eigenvalue weighted by Gasteiger charge is -1.96. The number of rotatable bonds is 4. The Balaban J connectivity index is 0.000000360. The van der Waals surface area contributed by atoms with E-state index in [1.54, 1.807) is 62.8 Å². The SMILES string of the molecule is CO.COc1ccc(C=O)cc1.COc1ccc(C=O)cc1. The third-order valence-corrected chi connectivity index (χ3v) is 2.50. The number of benzene rings is 2. The molecule has 0 atom stereocenters. The molecule has 0 aliphatic carbocycles. The Hall–Kier alpha value is -2.66. The zero-order valence-electron chi connectivity index (χ0n) is 12.9. The summed E-state index contributed by atoms with van der Waals surface area (Å²) in [6.07, 6.45) is 1.61. The van der Waals surface area contributed by atoms with Crippen molar-refractivity contribution in [1.82, 2.24) is 0 Å². The molecular formula is C17H20O5. The maximum absolute atomic E-state index is 10.2. The van der Waals surface area contributed by atoms with Gasteiger partial charge in [0.1, 0.15) is 24.1 Å². The summed E-state index contributed by atoms with van der Waals surface area (Å²) < 4.78 is 9.80. The normalized spacial score (nSPS) is 8.36. The summed E-state index contributed by atoms with van der Waals surface area (Å²) >= 11 is 0. The average Bonchev–Trinajstić information content (AvgIpc) is 2.64. The van der Waals surface area contributed by atoms with Gasteiger partial charge in [0, 0.05) is 18.2 Å². The first-order valence-electron chi connectivity index (χ1n) is 6.36. The van der Waals surface area contributed by atoms with Crippen molar-refractivity contribution in [1.29, 1.82) is 0 Å². The third-order valence-electron chi connectivity index (χ3n) is 2.50. The van der Waals surface area contributed by atoms with E-state index in [9.17, 15) is 9.59 Å². The molecule has 5 heteroatoms. The highest BCUT2D eigenvalue weighted by atomic mass is 16.5. The monoisotopic (exact) mass is 304 g/mol. The van der Waals surface area contributed by atoms with Crippen LogP contribution in [-0.2, 0) is 0 Å². The molecule has 2 aromatic carbocycles. The van der Waals surface area contributed by atoms with Crippen LogP contribution in [0.1, 0.15) is 20.7 Å². The van der Waals surface area contributed by atoms with Crippen LogP contribution in [0.3, 0.4) is 0 Å². The van der Waals surface area contributed by atoms with Gasteiger partial charge in [-0.2, -0.15) is 0 Å². The second-order valence-corrected chi connectivity index (χ2v) is 3.78. The van der Waals surface area contributed by atoms with E-state index in [-0.39, 0.29) is 0 Å². The van der Waals surface area contributed by atoms with Gasteiger partial charge in [0.15, 0.2) is 0 Å². The van der Waals surface area contributed by atoms with E-state index in [0.29, 0.717) is 11.1 Å². The second-order valence-electron chi connectivity index (χ2n) is 3.78. The lowest BCUT2D eigenvalue weighted by molar-refractivity contribution is 0.111. The van der Waals surface area contributed by atoms with Gasteiger partial charge in [-0.3, -0.25) is 9.59 Å². The minimum absolute atomic E-state index is 0.667. The molecule has 0 saturated heterocycles. The number of hydrogen-bond acceptors (Lipinski definition) is 5. The lowest BCUT2D eigenvalue weighted by Crippen LogP contribution is -1.82. The predicted octanol–water partition coefficient (Wildman–Crippen LogP) is 2.62. The minimum Gasteiger partial charge on any atom is -0.497 e. The van der Waals surface area contributed by atoms with Crippen molar-refractivity contribution in [2.45, 2.75) is 0 Å². The standard InChI is InChI=1S/2C8H8O2.CH4O/c2*1-10-8-4-2-7(6-9)3-5-8;1-2/h2*2-6H,1H3;2H,1H3. The highest BCUT2D eigenvalue weighted by Gasteiger charge is 1.90. The topological polar surface area (TPSA) is 72.8 Å². The van der Waals surface area contributed by atoms with E-state index in [4.69, 9.17) is 14.6 Å². The highest BCUT2D eigenvalue weighted by molar-refractivity contribution is 5.75. The maximum atomic E-state index is 10.2. The van der Waals surface area contributed by atoms with Crippen LogP contribution in [0.5, 0.6) is 11.5 Å². The molecule has 0 saturated carbocycles. The fourth-order valence-corrected chi connectivity index (χ4v) is 1.36. The zero-order valence-corrected chi connectivity index (χ0v) is 12.9. The van der Waals surface area contributed by atoms with E-state index in [2.05, 4.69) is 0 Å². The quantitative estimate of drug-likeness (QED) is 0.879. The lowest BCUT2D eigenvalue weighted by atomic mass is 10.2. The Morgan fingerprint density at radius 2 is 0.955 bits per heavy atom. The van der Waals surface area contributed by atoms with Gasteiger partial charge < -0.3 is 14.6 Å². The summed E-state index contributed by atoms with van der Waals surface area (Å²) in [6.45, 7) is 0. The summed E-state index contributed by atoms with van der Waals surface area (Å²) in [5.74, 6) is 1.54. The molecule has 2 rings (SSSR count). The summed E-state index contributed by atoms with van der Waals surface area (Å²) in [4.78, 5) is 20.3.